The van der Waals surface area contributed by atoms with Gasteiger partial charge in [0, 0.05) is 23.8 Å². The molecule has 6 nitrogen and oxygen atoms in total. The minimum absolute atomic E-state index is 0.187. The third-order valence-corrected chi connectivity index (χ3v) is 7.09. The lowest BCUT2D eigenvalue weighted by atomic mass is 10.1. The first kappa shape index (κ1) is 19.5. The van der Waals surface area contributed by atoms with Gasteiger partial charge in [-0.3, -0.25) is 4.57 Å². The van der Waals surface area contributed by atoms with Gasteiger partial charge in [0.2, 0.25) is 0 Å². The van der Waals surface area contributed by atoms with E-state index in [0.717, 1.165) is 58.4 Å². The monoisotopic (exact) mass is 439 g/mol. The predicted octanol–water partition coefficient (Wildman–Crippen LogP) is 4.89. The van der Waals surface area contributed by atoms with Crippen molar-refractivity contribution in [1.29, 1.82) is 0 Å². The summed E-state index contributed by atoms with van der Waals surface area (Å²) in [6.07, 6.45) is 2.33. The Morgan fingerprint density at radius 3 is 3.00 bits per heavy atom. The predicted molar refractivity (Wildman–Crippen MR) is 119 cm³/mol. The second kappa shape index (κ2) is 8.37. The quantitative estimate of drug-likeness (QED) is 0.315. The van der Waals surface area contributed by atoms with E-state index in [9.17, 15) is 4.79 Å². The van der Waals surface area contributed by atoms with Gasteiger partial charge in [0.25, 0.3) is 0 Å². The van der Waals surface area contributed by atoms with Crippen LogP contribution < -0.4 is 5.63 Å². The van der Waals surface area contributed by atoms with Gasteiger partial charge in [0.1, 0.15) is 5.58 Å². The highest BCUT2D eigenvalue weighted by molar-refractivity contribution is 7.98. The van der Waals surface area contributed by atoms with Crippen molar-refractivity contribution < 1.29 is 9.15 Å². The lowest BCUT2D eigenvalue weighted by Crippen LogP contribution is -2.16. The number of fused-ring (bicyclic) bond motifs is 1. The molecule has 0 unspecified atom stereocenters. The van der Waals surface area contributed by atoms with Crippen molar-refractivity contribution in [1.82, 2.24) is 14.8 Å². The number of benzene rings is 1. The van der Waals surface area contributed by atoms with E-state index < -0.39 is 0 Å². The highest BCUT2D eigenvalue weighted by atomic mass is 32.2. The summed E-state index contributed by atoms with van der Waals surface area (Å²) in [4.78, 5) is 13.2. The molecule has 0 bridgehead atoms. The average molecular weight is 440 g/mol. The fourth-order valence-electron chi connectivity index (χ4n) is 3.74. The number of aromatic nitrogens is 3. The highest BCUT2D eigenvalue weighted by Crippen LogP contribution is 2.31. The van der Waals surface area contributed by atoms with E-state index in [1.54, 1.807) is 29.2 Å². The van der Waals surface area contributed by atoms with Crippen LogP contribution in [0.25, 0.3) is 21.7 Å². The molecule has 0 radical (unpaired) electrons. The van der Waals surface area contributed by atoms with Crippen LogP contribution in [0.5, 0.6) is 0 Å². The van der Waals surface area contributed by atoms with Crippen molar-refractivity contribution in [3.05, 3.63) is 63.3 Å². The second-order valence-corrected chi connectivity index (χ2v) is 9.30. The number of aryl methyl sites for hydroxylation is 1. The van der Waals surface area contributed by atoms with Gasteiger partial charge in [-0.2, -0.15) is 0 Å². The minimum Gasteiger partial charge on any atom is -0.423 e. The van der Waals surface area contributed by atoms with E-state index in [0.29, 0.717) is 11.3 Å². The van der Waals surface area contributed by atoms with Crippen LogP contribution in [0.4, 0.5) is 0 Å². The van der Waals surface area contributed by atoms with Crippen molar-refractivity contribution in [2.75, 3.05) is 6.61 Å². The summed E-state index contributed by atoms with van der Waals surface area (Å²) in [6.45, 7) is 3.54. The van der Waals surface area contributed by atoms with Crippen molar-refractivity contribution in [3.63, 3.8) is 0 Å². The molecule has 1 aliphatic heterocycles. The van der Waals surface area contributed by atoms with Crippen LogP contribution in [0, 0.1) is 6.92 Å². The molecule has 3 aromatic heterocycles. The molecule has 0 amide bonds. The summed E-state index contributed by atoms with van der Waals surface area (Å²) in [5.41, 5.74) is 2.30. The second-order valence-electron chi connectivity index (χ2n) is 7.41. The lowest BCUT2D eigenvalue weighted by Gasteiger charge is -2.14. The van der Waals surface area contributed by atoms with Crippen LogP contribution >= 0.6 is 23.1 Å². The van der Waals surface area contributed by atoms with Crippen molar-refractivity contribution in [2.45, 2.75) is 43.3 Å². The van der Waals surface area contributed by atoms with Gasteiger partial charge in [-0.15, -0.1) is 21.5 Å². The fourth-order valence-corrected chi connectivity index (χ4v) is 5.40. The van der Waals surface area contributed by atoms with Crippen molar-refractivity contribution in [2.24, 2.45) is 0 Å². The third-order valence-electron chi connectivity index (χ3n) is 5.21. The Morgan fingerprint density at radius 1 is 1.27 bits per heavy atom. The molecule has 30 heavy (non-hydrogen) atoms. The first-order valence-corrected chi connectivity index (χ1v) is 11.8. The zero-order chi connectivity index (χ0) is 20.5. The number of hydrogen-bond donors (Lipinski definition) is 0. The Kier molecular flexibility index (Phi) is 5.45. The molecule has 4 aromatic rings. The standard InChI is InChI=1S/C22H21N3O3S2/c1-14-6-7-17-15(11-20(26)28-18(17)10-14)13-30-22-24-23-21(19-5-3-9-29-19)25(22)12-16-4-2-8-27-16/h3,5-7,9-11,16H,2,4,8,12-13H2,1H3/t16-/m1/s1. The molecule has 0 spiro atoms. The Hall–Kier alpha value is -2.42. The van der Waals surface area contributed by atoms with Gasteiger partial charge in [0.15, 0.2) is 11.0 Å². The van der Waals surface area contributed by atoms with E-state index in [1.807, 2.05) is 36.6 Å². The summed E-state index contributed by atoms with van der Waals surface area (Å²) in [7, 11) is 0. The largest absolute Gasteiger partial charge is 0.423 e. The molecule has 0 N–H and O–H groups in total. The smallest absolute Gasteiger partial charge is 0.336 e. The first-order valence-electron chi connectivity index (χ1n) is 9.92. The molecule has 4 heterocycles. The summed E-state index contributed by atoms with van der Waals surface area (Å²) < 4.78 is 13.4. The summed E-state index contributed by atoms with van der Waals surface area (Å²) >= 11 is 3.24. The van der Waals surface area contributed by atoms with Crippen LogP contribution in [0.1, 0.15) is 24.0 Å². The Balaban J connectivity index is 1.46. The van der Waals surface area contributed by atoms with Gasteiger partial charge in [0.05, 0.1) is 17.5 Å². The maximum Gasteiger partial charge on any atom is 0.336 e. The fraction of sp³-hybridized carbons (Fsp3) is 0.318. The number of hydrogen-bond acceptors (Lipinski definition) is 7. The number of ether oxygens (including phenoxy) is 1. The van der Waals surface area contributed by atoms with Crippen molar-refractivity contribution >= 4 is 34.1 Å². The zero-order valence-electron chi connectivity index (χ0n) is 16.5. The maximum atomic E-state index is 12.1. The molecule has 1 fully saturated rings. The van der Waals surface area contributed by atoms with E-state index in [-0.39, 0.29) is 11.7 Å². The molecule has 1 aromatic carbocycles. The molecule has 5 rings (SSSR count). The van der Waals surface area contributed by atoms with Crippen LogP contribution in [0.3, 0.4) is 0 Å². The minimum atomic E-state index is -0.330. The van der Waals surface area contributed by atoms with Gasteiger partial charge in [-0.1, -0.05) is 30.0 Å². The molecule has 8 heteroatoms. The van der Waals surface area contributed by atoms with Gasteiger partial charge < -0.3 is 9.15 Å². The highest BCUT2D eigenvalue weighted by Gasteiger charge is 2.22. The molecule has 0 aliphatic carbocycles. The van der Waals surface area contributed by atoms with Crippen LogP contribution in [-0.2, 0) is 17.0 Å². The lowest BCUT2D eigenvalue weighted by molar-refractivity contribution is 0.0953. The van der Waals surface area contributed by atoms with Gasteiger partial charge in [-0.25, -0.2) is 4.79 Å². The number of nitrogens with zero attached hydrogens (tertiary/aromatic N) is 3. The van der Waals surface area contributed by atoms with Crippen LogP contribution in [0.2, 0.25) is 0 Å². The number of thiophene rings is 1. The Bertz CT molecular complexity index is 1220. The van der Waals surface area contributed by atoms with E-state index in [2.05, 4.69) is 20.8 Å². The summed E-state index contributed by atoms with van der Waals surface area (Å²) in [6, 6.07) is 11.6. The first-order chi connectivity index (χ1) is 14.7. The molecule has 154 valence electrons. The molecular formula is C22H21N3O3S2. The molecule has 1 aliphatic rings. The Labute approximate surface area is 181 Å². The van der Waals surface area contributed by atoms with Crippen molar-refractivity contribution in [3.8, 4) is 10.7 Å². The molecule has 0 saturated carbocycles. The van der Waals surface area contributed by atoms with E-state index >= 15 is 0 Å². The molecule has 1 saturated heterocycles. The third kappa shape index (κ3) is 3.95. The van der Waals surface area contributed by atoms with Gasteiger partial charge in [-0.05, 0) is 48.4 Å². The summed E-state index contributed by atoms with van der Waals surface area (Å²) in [5, 5.41) is 12.8. The topological polar surface area (TPSA) is 70.2 Å². The van der Waals surface area contributed by atoms with Crippen LogP contribution in [0.15, 0.2) is 56.1 Å². The van der Waals surface area contributed by atoms with Gasteiger partial charge >= 0.3 is 5.63 Å². The molecule has 1 atom stereocenters. The Morgan fingerprint density at radius 2 is 2.20 bits per heavy atom. The number of thioether (sulfide) groups is 1. The SMILES string of the molecule is Cc1ccc2c(CSc3nnc(-c4cccs4)n3C[C@H]3CCCO3)cc(=O)oc2c1. The van der Waals surface area contributed by atoms with Crippen LogP contribution in [-0.4, -0.2) is 27.5 Å². The average Bonchev–Trinajstić information content (AvgIpc) is 3.48. The van der Waals surface area contributed by atoms with E-state index in [4.69, 9.17) is 9.15 Å². The maximum absolute atomic E-state index is 12.1. The van der Waals surface area contributed by atoms with E-state index in [1.165, 1.54) is 0 Å². The number of rotatable bonds is 6. The molecular weight excluding hydrogens is 418 g/mol. The summed E-state index contributed by atoms with van der Waals surface area (Å²) in [5.74, 6) is 1.48. The zero-order valence-corrected chi connectivity index (χ0v) is 18.2. The normalized spacial score (nSPS) is 16.5.